The van der Waals surface area contributed by atoms with Gasteiger partial charge in [0.25, 0.3) is 5.92 Å². The van der Waals surface area contributed by atoms with E-state index in [0.717, 1.165) is 31.2 Å². The molecule has 1 saturated carbocycles. The van der Waals surface area contributed by atoms with E-state index in [1.807, 2.05) is 6.92 Å². The van der Waals surface area contributed by atoms with Crippen LogP contribution in [-0.2, 0) is 15.6 Å². The van der Waals surface area contributed by atoms with Gasteiger partial charge >= 0.3 is 0 Å². The molecule has 0 atom stereocenters. The summed E-state index contributed by atoms with van der Waals surface area (Å²) in [4.78, 5) is 16.0. The highest BCUT2D eigenvalue weighted by Crippen LogP contribution is 2.28. The summed E-state index contributed by atoms with van der Waals surface area (Å²) in [5, 5.41) is 3.44. The van der Waals surface area contributed by atoms with Crippen molar-refractivity contribution in [1.82, 2.24) is 19.9 Å². The van der Waals surface area contributed by atoms with Crippen LogP contribution in [0, 0.1) is 12.7 Å². The van der Waals surface area contributed by atoms with Crippen LogP contribution in [0.1, 0.15) is 50.2 Å². The van der Waals surface area contributed by atoms with Gasteiger partial charge in [0.15, 0.2) is 9.84 Å². The smallest absolute Gasteiger partial charge is 0.261 e. The van der Waals surface area contributed by atoms with Crippen molar-refractivity contribution in [2.45, 2.75) is 69.7 Å². The lowest BCUT2D eigenvalue weighted by Crippen LogP contribution is -2.36. The van der Waals surface area contributed by atoms with Crippen LogP contribution in [0.15, 0.2) is 30.5 Å². The topological polar surface area (TPSA) is 88.1 Å². The molecule has 1 aliphatic carbocycles. The number of aryl methyl sites for hydroxylation is 1. The van der Waals surface area contributed by atoms with Gasteiger partial charge in [-0.2, -0.15) is 0 Å². The molecule has 0 unspecified atom stereocenters. The Hall–Kier alpha value is -2.79. The van der Waals surface area contributed by atoms with Crippen molar-refractivity contribution in [2.75, 3.05) is 25.2 Å². The number of nitrogens with one attached hydrogen (secondary N) is 1. The van der Waals surface area contributed by atoms with E-state index >= 15 is 0 Å². The molecular weight excluding hydrogens is 515 g/mol. The standard InChI is InChI=1S/C27H34F3N5O2S/c1-5-27(29,30)16-38(36,37)15-19-7-6-18(13-22(19)28)23-12-17(2)25-24(33-23)14-31-26(34-25)32-20-8-10-21(11-9-20)35(3)4/h6-7,12-14,20-21H,5,8-11,15-16H2,1-4H3,(H,31,32,34). The largest absolute Gasteiger partial charge is 0.351 e. The van der Waals surface area contributed by atoms with Crippen molar-refractivity contribution in [3.63, 3.8) is 0 Å². The minimum atomic E-state index is -4.19. The van der Waals surface area contributed by atoms with Gasteiger partial charge in [0.1, 0.15) is 17.1 Å². The van der Waals surface area contributed by atoms with Crippen LogP contribution in [0.2, 0.25) is 0 Å². The van der Waals surface area contributed by atoms with Crippen molar-refractivity contribution in [1.29, 1.82) is 0 Å². The third-order valence-electron chi connectivity index (χ3n) is 7.17. The molecule has 1 aliphatic rings. The molecule has 2 aromatic heterocycles. The Morgan fingerprint density at radius 2 is 1.82 bits per heavy atom. The molecule has 0 aliphatic heterocycles. The summed E-state index contributed by atoms with van der Waals surface area (Å²) >= 11 is 0. The first-order chi connectivity index (χ1) is 17.9. The van der Waals surface area contributed by atoms with Crippen LogP contribution < -0.4 is 5.32 Å². The van der Waals surface area contributed by atoms with Gasteiger partial charge in [-0.3, -0.25) is 0 Å². The summed E-state index contributed by atoms with van der Waals surface area (Å²) in [6.07, 6.45) is 5.37. The Bertz CT molecular complexity index is 1410. The number of nitrogens with zero attached hydrogens (tertiary/aromatic N) is 4. The minimum absolute atomic E-state index is 0.156. The molecule has 11 heteroatoms. The minimum Gasteiger partial charge on any atom is -0.351 e. The second kappa shape index (κ2) is 11.1. The number of rotatable bonds is 9. The number of anilines is 1. The van der Waals surface area contributed by atoms with E-state index in [1.54, 1.807) is 18.3 Å². The molecule has 2 heterocycles. The average Bonchev–Trinajstić information content (AvgIpc) is 2.85. The lowest BCUT2D eigenvalue weighted by atomic mass is 9.91. The molecule has 0 bridgehead atoms. The molecular formula is C27H34F3N5O2S. The van der Waals surface area contributed by atoms with Crippen molar-refractivity contribution in [2.24, 2.45) is 0 Å². The zero-order chi connectivity index (χ0) is 27.7. The number of benzene rings is 1. The summed E-state index contributed by atoms with van der Waals surface area (Å²) in [5.41, 5.74) is 2.83. The van der Waals surface area contributed by atoms with Crippen LogP contribution in [0.25, 0.3) is 22.3 Å². The van der Waals surface area contributed by atoms with E-state index in [-0.39, 0.29) is 5.56 Å². The first-order valence-corrected chi connectivity index (χ1v) is 14.6. The molecule has 38 heavy (non-hydrogen) atoms. The predicted octanol–water partition coefficient (Wildman–Crippen LogP) is 5.38. The molecule has 0 radical (unpaired) electrons. The van der Waals surface area contributed by atoms with Gasteiger partial charge in [0.2, 0.25) is 5.95 Å². The average molecular weight is 550 g/mol. The maximum Gasteiger partial charge on any atom is 0.261 e. The maximum absolute atomic E-state index is 14.8. The van der Waals surface area contributed by atoms with Crippen LogP contribution >= 0.6 is 0 Å². The van der Waals surface area contributed by atoms with Crippen LogP contribution in [0.3, 0.4) is 0 Å². The van der Waals surface area contributed by atoms with Crippen LogP contribution in [0.5, 0.6) is 0 Å². The van der Waals surface area contributed by atoms with Gasteiger partial charge in [-0.25, -0.2) is 36.5 Å². The summed E-state index contributed by atoms with van der Waals surface area (Å²) in [5.74, 6) is -5.68. The summed E-state index contributed by atoms with van der Waals surface area (Å²) in [7, 11) is 0.0310. The summed E-state index contributed by atoms with van der Waals surface area (Å²) < 4.78 is 66.4. The molecule has 1 aromatic carbocycles. The lowest BCUT2D eigenvalue weighted by Gasteiger charge is -2.32. The van der Waals surface area contributed by atoms with Crippen molar-refractivity contribution in [3.8, 4) is 11.3 Å². The number of aromatic nitrogens is 3. The molecule has 206 valence electrons. The molecule has 1 N–H and O–H groups in total. The molecule has 1 fully saturated rings. The highest BCUT2D eigenvalue weighted by Gasteiger charge is 2.34. The Labute approximate surface area is 221 Å². The Kier molecular flexibility index (Phi) is 8.27. The fraction of sp³-hybridized carbons (Fsp3) is 0.519. The number of pyridine rings is 1. The molecule has 0 spiro atoms. The predicted molar refractivity (Wildman–Crippen MR) is 144 cm³/mol. The second-order valence-corrected chi connectivity index (χ2v) is 12.5. The van der Waals surface area contributed by atoms with E-state index in [0.29, 0.717) is 40.3 Å². The van der Waals surface area contributed by atoms with Gasteiger partial charge in [-0.05, 0) is 64.4 Å². The summed E-state index contributed by atoms with van der Waals surface area (Å²) in [6.45, 7) is 3.10. The SMILES string of the molecule is CCC(F)(F)CS(=O)(=O)Cc1ccc(-c2cc(C)c3nc(NC4CCC(N(C)C)CC4)ncc3n2)cc1F. The normalized spacial score (nSPS) is 18.7. The van der Waals surface area contributed by atoms with Gasteiger partial charge in [-0.15, -0.1) is 0 Å². The number of fused-ring (bicyclic) bond motifs is 1. The third kappa shape index (κ3) is 6.79. The zero-order valence-electron chi connectivity index (χ0n) is 22.1. The van der Waals surface area contributed by atoms with Gasteiger partial charge in [0, 0.05) is 29.6 Å². The van der Waals surface area contributed by atoms with E-state index in [1.165, 1.54) is 19.1 Å². The van der Waals surface area contributed by atoms with Crippen LogP contribution in [-0.4, -0.2) is 66.1 Å². The van der Waals surface area contributed by atoms with Gasteiger partial charge < -0.3 is 10.2 Å². The molecule has 0 amide bonds. The third-order valence-corrected chi connectivity index (χ3v) is 8.78. The fourth-order valence-corrected chi connectivity index (χ4v) is 6.51. The Balaban J connectivity index is 1.50. The van der Waals surface area contributed by atoms with E-state index in [9.17, 15) is 21.6 Å². The number of halogens is 3. The zero-order valence-corrected chi connectivity index (χ0v) is 23.0. The molecule has 4 rings (SSSR count). The Morgan fingerprint density at radius 1 is 1.11 bits per heavy atom. The van der Waals surface area contributed by atoms with Crippen molar-refractivity contribution >= 4 is 26.8 Å². The maximum atomic E-state index is 14.8. The summed E-state index contributed by atoms with van der Waals surface area (Å²) in [6, 6.07) is 6.73. The molecule has 3 aromatic rings. The first-order valence-electron chi connectivity index (χ1n) is 12.8. The fourth-order valence-electron chi connectivity index (χ4n) is 4.85. The van der Waals surface area contributed by atoms with Gasteiger partial charge in [-0.1, -0.05) is 19.1 Å². The highest BCUT2D eigenvalue weighted by molar-refractivity contribution is 7.90. The van der Waals surface area contributed by atoms with Crippen LogP contribution in [0.4, 0.5) is 19.1 Å². The van der Waals surface area contributed by atoms with Crippen molar-refractivity contribution in [3.05, 3.63) is 47.4 Å². The van der Waals surface area contributed by atoms with Crippen molar-refractivity contribution < 1.29 is 21.6 Å². The van der Waals surface area contributed by atoms with E-state index in [4.69, 9.17) is 0 Å². The molecule has 0 saturated heterocycles. The second-order valence-electron chi connectivity index (χ2n) is 10.4. The first kappa shape index (κ1) is 28.2. The molecule has 7 nitrogen and oxygen atoms in total. The quantitative estimate of drug-likeness (QED) is 0.383. The number of hydrogen-bond donors (Lipinski definition) is 1. The highest BCUT2D eigenvalue weighted by atomic mass is 32.2. The lowest BCUT2D eigenvalue weighted by molar-refractivity contribution is 0.0217. The number of alkyl halides is 2. The monoisotopic (exact) mass is 549 g/mol. The number of sulfone groups is 1. The van der Waals surface area contributed by atoms with E-state index < -0.39 is 39.5 Å². The number of hydrogen-bond acceptors (Lipinski definition) is 7. The van der Waals surface area contributed by atoms with Gasteiger partial charge in [0.05, 0.1) is 23.2 Å². The Morgan fingerprint density at radius 3 is 2.45 bits per heavy atom. The van der Waals surface area contributed by atoms with E-state index in [2.05, 4.69) is 39.3 Å².